The standard InChI is InChI=1S/C14H14I2O4/c1-9(2)13(17)19-16(20-14(18)10(3)4)12-7-5-6-11(15)8-12/h5-8H,1,3H2,2,4H3. The zero-order chi connectivity index (χ0) is 15.3. The summed E-state index contributed by atoms with van der Waals surface area (Å²) in [6.07, 6.45) is 0. The fraction of sp³-hybridized carbons (Fsp3) is 0.143. The second-order valence-corrected chi connectivity index (χ2v) is 8.56. The first-order valence-electron chi connectivity index (χ1n) is 5.53. The van der Waals surface area contributed by atoms with Crippen molar-refractivity contribution in [3.8, 4) is 0 Å². The van der Waals surface area contributed by atoms with E-state index in [1.54, 1.807) is 19.9 Å². The van der Waals surface area contributed by atoms with E-state index >= 15 is 0 Å². The van der Waals surface area contributed by atoms with Gasteiger partial charge in [0, 0.05) is 0 Å². The first kappa shape index (κ1) is 17.2. The Labute approximate surface area is 139 Å². The van der Waals surface area contributed by atoms with Crippen LogP contribution in [-0.4, -0.2) is 11.9 Å². The van der Waals surface area contributed by atoms with E-state index in [-0.39, 0.29) is 11.1 Å². The van der Waals surface area contributed by atoms with Gasteiger partial charge in [-0.15, -0.1) is 0 Å². The average molecular weight is 500 g/mol. The fourth-order valence-corrected chi connectivity index (χ4v) is 5.23. The third-order valence-corrected chi connectivity index (χ3v) is 5.90. The third kappa shape index (κ3) is 5.23. The van der Waals surface area contributed by atoms with Crippen molar-refractivity contribution in [1.82, 2.24) is 0 Å². The first-order chi connectivity index (χ1) is 9.31. The van der Waals surface area contributed by atoms with Crippen molar-refractivity contribution < 1.29 is 15.7 Å². The monoisotopic (exact) mass is 500 g/mol. The summed E-state index contributed by atoms with van der Waals surface area (Å²) >= 11 is -0.732. The summed E-state index contributed by atoms with van der Waals surface area (Å²) in [5.41, 5.74) is 0.536. The van der Waals surface area contributed by atoms with Gasteiger partial charge in [0.1, 0.15) is 0 Å². The molecule has 0 bridgehead atoms. The van der Waals surface area contributed by atoms with Gasteiger partial charge in [-0.1, -0.05) is 0 Å². The van der Waals surface area contributed by atoms with Crippen LogP contribution in [-0.2, 0) is 15.7 Å². The van der Waals surface area contributed by atoms with Gasteiger partial charge in [-0.2, -0.15) is 0 Å². The Hall–Kier alpha value is -0.900. The van der Waals surface area contributed by atoms with E-state index in [2.05, 4.69) is 35.7 Å². The van der Waals surface area contributed by atoms with Crippen molar-refractivity contribution >= 4 is 55.2 Å². The molecule has 1 aromatic rings. The van der Waals surface area contributed by atoms with Crippen LogP contribution in [0.2, 0.25) is 0 Å². The molecule has 1 rings (SSSR count). The fourth-order valence-electron chi connectivity index (χ4n) is 0.920. The van der Waals surface area contributed by atoms with Crippen LogP contribution in [0.4, 0.5) is 0 Å². The summed E-state index contributed by atoms with van der Waals surface area (Å²) in [5.74, 6) is -1.10. The van der Waals surface area contributed by atoms with Gasteiger partial charge in [0.05, 0.1) is 0 Å². The summed E-state index contributed by atoms with van der Waals surface area (Å²) < 4.78 is 12.3. The van der Waals surface area contributed by atoms with E-state index in [1.165, 1.54) is 0 Å². The maximum absolute atomic E-state index is 11.7. The zero-order valence-corrected chi connectivity index (χ0v) is 15.4. The van der Waals surface area contributed by atoms with Crippen LogP contribution in [0.1, 0.15) is 13.8 Å². The van der Waals surface area contributed by atoms with Crippen molar-refractivity contribution in [3.63, 3.8) is 0 Å². The van der Waals surface area contributed by atoms with Crippen molar-refractivity contribution in [2.75, 3.05) is 0 Å². The van der Waals surface area contributed by atoms with Crippen LogP contribution in [0.25, 0.3) is 0 Å². The van der Waals surface area contributed by atoms with Crippen molar-refractivity contribution in [1.29, 1.82) is 0 Å². The van der Waals surface area contributed by atoms with E-state index in [4.69, 9.17) is 6.13 Å². The molecular formula is C14H14I2O4. The SMILES string of the molecule is C=C(C)C(=O)OI(OC(=O)C(=C)C)c1cccc(I)c1. The summed E-state index contributed by atoms with van der Waals surface area (Å²) in [7, 11) is 0. The van der Waals surface area contributed by atoms with Gasteiger partial charge in [0.2, 0.25) is 0 Å². The van der Waals surface area contributed by atoms with E-state index < -0.39 is 32.6 Å². The van der Waals surface area contributed by atoms with Crippen LogP contribution in [0.5, 0.6) is 0 Å². The molecule has 6 heteroatoms. The topological polar surface area (TPSA) is 52.6 Å². The van der Waals surface area contributed by atoms with Crippen molar-refractivity contribution in [2.45, 2.75) is 13.8 Å². The Kier molecular flexibility index (Phi) is 6.66. The van der Waals surface area contributed by atoms with Gasteiger partial charge < -0.3 is 0 Å². The van der Waals surface area contributed by atoms with Gasteiger partial charge in [0.15, 0.2) is 0 Å². The molecule has 0 heterocycles. The number of benzene rings is 1. The van der Waals surface area contributed by atoms with Crippen LogP contribution >= 0.6 is 43.2 Å². The molecule has 0 radical (unpaired) electrons. The number of halogens is 2. The molecule has 0 aliphatic rings. The molecule has 4 nitrogen and oxygen atoms in total. The second-order valence-electron chi connectivity index (χ2n) is 3.95. The van der Waals surface area contributed by atoms with Gasteiger partial charge in [-0.25, -0.2) is 0 Å². The molecule has 20 heavy (non-hydrogen) atoms. The minimum absolute atomic E-state index is 0.268. The summed E-state index contributed by atoms with van der Waals surface area (Å²) in [4.78, 5) is 23.3. The zero-order valence-electron chi connectivity index (χ0n) is 11.1. The van der Waals surface area contributed by atoms with Crippen LogP contribution in [0.15, 0.2) is 48.6 Å². The Balaban J connectivity index is 3.00. The molecule has 1 aromatic carbocycles. The molecular weight excluding hydrogens is 486 g/mol. The second kappa shape index (κ2) is 7.77. The van der Waals surface area contributed by atoms with E-state index in [1.807, 2.05) is 18.2 Å². The molecule has 0 fully saturated rings. The predicted molar refractivity (Wildman–Crippen MR) is 93.7 cm³/mol. The Morgan fingerprint density at radius 3 is 2.00 bits per heavy atom. The third-order valence-electron chi connectivity index (χ3n) is 1.94. The molecule has 108 valence electrons. The number of hydrogen-bond donors (Lipinski definition) is 0. The number of hydrogen-bond acceptors (Lipinski definition) is 4. The van der Waals surface area contributed by atoms with Gasteiger partial charge in [-0.05, 0) is 0 Å². The van der Waals surface area contributed by atoms with Crippen LogP contribution in [0.3, 0.4) is 0 Å². The molecule has 0 N–H and O–H groups in total. The van der Waals surface area contributed by atoms with Crippen LogP contribution in [0, 0.1) is 7.14 Å². The molecule has 0 aliphatic carbocycles. The maximum atomic E-state index is 11.7. The van der Waals surface area contributed by atoms with Crippen LogP contribution < -0.4 is 0 Å². The summed E-state index contributed by atoms with van der Waals surface area (Å²) in [6, 6.07) is 7.34. The van der Waals surface area contributed by atoms with Gasteiger partial charge in [-0.3, -0.25) is 0 Å². The molecule has 0 aliphatic heterocycles. The molecule has 0 saturated carbocycles. The molecule has 0 unspecified atom stereocenters. The van der Waals surface area contributed by atoms with E-state index in [9.17, 15) is 9.59 Å². The Bertz CT molecular complexity index is 538. The van der Waals surface area contributed by atoms with Crippen molar-refractivity contribution in [3.05, 3.63) is 55.7 Å². The molecule has 0 amide bonds. The average Bonchev–Trinajstić information content (AvgIpc) is 2.37. The molecule has 0 saturated heterocycles. The molecule has 0 aromatic heterocycles. The molecule has 0 atom stereocenters. The number of carbonyl (C=O) groups excluding carboxylic acids is 2. The summed E-state index contributed by atoms with van der Waals surface area (Å²) in [6.45, 7) is 10.1. The first-order valence-corrected chi connectivity index (χ1v) is 9.45. The number of rotatable bonds is 5. The minimum atomic E-state index is -2.87. The van der Waals surface area contributed by atoms with Gasteiger partial charge >= 0.3 is 140 Å². The quantitative estimate of drug-likeness (QED) is 0.453. The van der Waals surface area contributed by atoms with Gasteiger partial charge in [0.25, 0.3) is 0 Å². The Morgan fingerprint density at radius 2 is 1.60 bits per heavy atom. The number of carbonyl (C=O) groups is 2. The summed E-state index contributed by atoms with van der Waals surface area (Å²) in [5, 5.41) is 0. The van der Waals surface area contributed by atoms with E-state index in [0.717, 1.165) is 7.14 Å². The molecule has 0 spiro atoms. The Morgan fingerprint density at radius 1 is 1.10 bits per heavy atom. The van der Waals surface area contributed by atoms with Crippen molar-refractivity contribution in [2.24, 2.45) is 0 Å². The normalized spacial score (nSPS) is 10.4. The van der Waals surface area contributed by atoms with E-state index in [0.29, 0.717) is 0 Å². The predicted octanol–water partition coefficient (Wildman–Crippen LogP) is 4.04.